The van der Waals surface area contributed by atoms with E-state index in [1.54, 1.807) is 0 Å². The molecule has 0 unspecified atom stereocenters. The summed E-state index contributed by atoms with van der Waals surface area (Å²) >= 11 is 0. The molecule has 2 rings (SSSR count). The molecule has 4 heteroatoms. The predicted molar refractivity (Wildman–Crippen MR) is 60.8 cm³/mol. The highest BCUT2D eigenvalue weighted by atomic mass is 15.3. The number of piperidine rings is 1. The second-order valence-electron chi connectivity index (χ2n) is 4.17. The summed E-state index contributed by atoms with van der Waals surface area (Å²) in [6.45, 7) is 3.37. The fourth-order valence-electron chi connectivity index (χ4n) is 2.08. The van der Waals surface area contributed by atoms with E-state index in [-0.39, 0.29) is 0 Å². The Hall–Kier alpha value is -0.870. The summed E-state index contributed by atoms with van der Waals surface area (Å²) in [7, 11) is 2.00. The van der Waals surface area contributed by atoms with Crippen molar-refractivity contribution < 1.29 is 0 Å². The molecule has 0 saturated carbocycles. The maximum atomic E-state index is 4.16. The van der Waals surface area contributed by atoms with Crippen molar-refractivity contribution in [3.8, 4) is 0 Å². The molecule has 0 aromatic carbocycles. The van der Waals surface area contributed by atoms with Crippen LogP contribution >= 0.6 is 0 Å². The van der Waals surface area contributed by atoms with Crippen LogP contribution < -0.4 is 10.6 Å². The van der Waals surface area contributed by atoms with Gasteiger partial charge in [0.25, 0.3) is 0 Å². The van der Waals surface area contributed by atoms with Gasteiger partial charge >= 0.3 is 0 Å². The standard InChI is InChI=1S/C11H20N4/c1-15-11(5-9-14-15)4-8-13-10-2-6-12-7-3-10/h5,9-10,12-13H,2-4,6-8H2,1H3. The Kier molecular flexibility index (Phi) is 3.75. The van der Waals surface area contributed by atoms with Crippen LogP contribution in [-0.2, 0) is 13.5 Å². The Bertz CT molecular complexity index is 289. The van der Waals surface area contributed by atoms with Crippen LogP contribution in [0.4, 0.5) is 0 Å². The molecule has 2 N–H and O–H groups in total. The van der Waals surface area contributed by atoms with Crippen molar-refractivity contribution in [3.05, 3.63) is 18.0 Å². The van der Waals surface area contributed by atoms with Crippen molar-refractivity contribution in [2.45, 2.75) is 25.3 Å². The van der Waals surface area contributed by atoms with Gasteiger partial charge in [0.15, 0.2) is 0 Å². The highest BCUT2D eigenvalue weighted by Crippen LogP contribution is 2.02. The van der Waals surface area contributed by atoms with E-state index in [2.05, 4.69) is 21.8 Å². The maximum absolute atomic E-state index is 4.16. The minimum atomic E-state index is 0.708. The number of aryl methyl sites for hydroxylation is 1. The molecular weight excluding hydrogens is 188 g/mol. The van der Waals surface area contributed by atoms with Crippen molar-refractivity contribution in [2.75, 3.05) is 19.6 Å². The highest BCUT2D eigenvalue weighted by Gasteiger charge is 2.11. The molecule has 1 aliphatic rings. The van der Waals surface area contributed by atoms with E-state index in [9.17, 15) is 0 Å². The lowest BCUT2D eigenvalue weighted by Crippen LogP contribution is -2.40. The smallest absolute Gasteiger partial charge is 0.0492 e. The van der Waals surface area contributed by atoms with Crippen LogP contribution in [0, 0.1) is 0 Å². The second-order valence-corrected chi connectivity index (χ2v) is 4.17. The largest absolute Gasteiger partial charge is 0.317 e. The van der Waals surface area contributed by atoms with Gasteiger partial charge in [-0.25, -0.2) is 0 Å². The molecule has 2 heterocycles. The summed E-state index contributed by atoms with van der Waals surface area (Å²) in [5.41, 5.74) is 1.30. The SMILES string of the molecule is Cn1nccc1CCNC1CCNCC1. The van der Waals surface area contributed by atoms with Gasteiger partial charge in [0.1, 0.15) is 0 Å². The van der Waals surface area contributed by atoms with Gasteiger partial charge in [-0.05, 0) is 32.0 Å². The number of rotatable bonds is 4. The molecule has 1 aromatic rings. The van der Waals surface area contributed by atoms with E-state index in [1.807, 2.05) is 17.9 Å². The van der Waals surface area contributed by atoms with Gasteiger partial charge in [0.2, 0.25) is 0 Å². The first-order valence-corrected chi connectivity index (χ1v) is 5.77. The molecule has 0 bridgehead atoms. The number of hydrogen-bond donors (Lipinski definition) is 2. The summed E-state index contributed by atoms with van der Waals surface area (Å²) < 4.78 is 1.95. The van der Waals surface area contributed by atoms with E-state index in [0.717, 1.165) is 26.1 Å². The number of aromatic nitrogens is 2. The average molecular weight is 208 g/mol. The lowest BCUT2D eigenvalue weighted by Gasteiger charge is -2.23. The van der Waals surface area contributed by atoms with Crippen LogP contribution in [-0.4, -0.2) is 35.5 Å². The molecule has 1 aliphatic heterocycles. The van der Waals surface area contributed by atoms with Crippen LogP contribution in [0.25, 0.3) is 0 Å². The molecule has 0 radical (unpaired) electrons. The number of hydrogen-bond acceptors (Lipinski definition) is 3. The van der Waals surface area contributed by atoms with Crippen LogP contribution in [0.5, 0.6) is 0 Å². The zero-order chi connectivity index (χ0) is 10.5. The summed E-state index contributed by atoms with van der Waals surface area (Å²) in [5, 5.41) is 11.1. The maximum Gasteiger partial charge on any atom is 0.0492 e. The lowest BCUT2D eigenvalue weighted by molar-refractivity contribution is 0.388. The van der Waals surface area contributed by atoms with Gasteiger partial charge < -0.3 is 10.6 Å². The third-order valence-corrected chi connectivity index (χ3v) is 3.08. The highest BCUT2D eigenvalue weighted by molar-refractivity contribution is 5.00. The number of nitrogens with one attached hydrogen (secondary N) is 2. The third-order valence-electron chi connectivity index (χ3n) is 3.08. The quantitative estimate of drug-likeness (QED) is 0.748. The van der Waals surface area contributed by atoms with Gasteiger partial charge in [0, 0.05) is 37.9 Å². The Morgan fingerprint density at radius 2 is 2.33 bits per heavy atom. The molecule has 0 spiro atoms. The molecule has 15 heavy (non-hydrogen) atoms. The predicted octanol–water partition coefficient (Wildman–Crippen LogP) is 0.304. The molecule has 0 atom stereocenters. The third kappa shape index (κ3) is 3.04. The zero-order valence-electron chi connectivity index (χ0n) is 9.37. The Morgan fingerprint density at radius 3 is 3.00 bits per heavy atom. The average Bonchev–Trinajstić information content (AvgIpc) is 2.66. The van der Waals surface area contributed by atoms with Gasteiger partial charge in [0.05, 0.1) is 0 Å². The van der Waals surface area contributed by atoms with Crippen molar-refractivity contribution in [3.63, 3.8) is 0 Å². The summed E-state index contributed by atoms with van der Waals surface area (Å²) in [6, 6.07) is 2.80. The monoisotopic (exact) mass is 208 g/mol. The van der Waals surface area contributed by atoms with Crippen molar-refractivity contribution in [1.82, 2.24) is 20.4 Å². The molecule has 84 valence electrons. The van der Waals surface area contributed by atoms with Crippen LogP contribution in [0.1, 0.15) is 18.5 Å². The van der Waals surface area contributed by atoms with Gasteiger partial charge in [-0.15, -0.1) is 0 Å². The number of nitrogens with zero attached hydrogens (tertiary/aromatic N) is 2. The van der Waals surface area contributed by atoms with E-state index < -0.39 is 0 Å². The normalized spacial score (nSPS) is 18.2. The first-order chi connectivity index (χ1) is 7.36. The van der Waals surface area contributed by atoms with Gasteiger partial charge in [-0.2, -0.15) is 5.10 Å². The molecule has 1 saturated heterocycles. The minimum Gasteiger partial charge on any atom is -0.317 e. The van der Waals surface area contributed by atoms with Gasteiger partial charge in [-0.1, -0.05) is 0 Å². The summed E-state index contributed by atoms with van der Waals surface area (Å²) in [6.07, 6.45) is 5.44. The van der Waals surface area contributed by atoms with Crippen molar-refractivity contribution in [1.29, 1.82) is 0 Å². The van der Waals surface area contributed by atoms with E-state index in [1.165, 1.54) is 18.5 Å². The second kappa shape index (κ2) is 5.28. The van der Waals surface area contributed by atoms with Crippen molar-refractivity contribution >= 4 is 0 Å². The van der Waals surface area contributed by atoms with Crippen LogP contribution in [0.2, 0.25) is 0 Å². The Labute approximate surface area is 91.1 Å². The molecule has 4 nitrogen and oxygen atoms in total. The lowest BCUT2D eigenvalue weighted by atomic mass is 10.1. The molecule has 1 aromatic heterocycles. The fourth-order valence-corrected chi connectivity index (χ4v) is 2.08. The summed E-state index contributed by atoms with van der Waals surface area (Å²) in [5.74, 6) is 0. The van der Waals surface area contributed by atoms with E-state index >= 15 is 0 Å². The minimum absolute atomic E-state index is 0.708. The topological polar surface area (TPSA) is 41.9 Å². The Balaban J connectivity index is 1.68. The van der Waals surface area contributed by atoms with E-state index in [4.69, 9.17) is 0 Å². The van der Waals surface area contributed by atoms with Crippen LogP contribution in [0.3, 0.4) is 0 Å². The van der Waals surface area contributed by atoms with Crippen LogP contribution in [0.15, 0.2) is 12.3 Å². The zero-order valence-corrected chi connectivity index (χ0v) is 9.37. The summed E-state index contributed by atoms with van der Waals surface area (Å²) in [4.78, 5) is 0. The fraction of sp³-hybridized carbons (Fsp3) is 0.727. The van der Waals surface area contributed by atoms with Crippen molar-refractivity contribution in [2.24, 2.45) is 7.05 Å². The Morgan fingerprint density at radius 1 is 1.53 bits per heavy atom. The first kappa shape index (κ1) is 10.6. The van der Waals surface area contributed by atoms with Gasteiger partial charge in [-0.3, -0.25) is 4.68 Å². The molecule has 0 aliphatic carbocycles. The molecule has 1 fully saturated rings. The molecule has 0 amide bonds. The molecular formula is C11H20N4. The first-order valence-electron chi connectivity index (χ1n) is 5.77. The van der Waals surface area contributed by atoms with E-state index in [0.29, 0.717) is 6.04 Å².